The van der Waals surface area contributed by atoms with Gasteiger partial charge in [0.25, 0.3) is 0 Å². The Balaban J connectivity index is 2.86. The minimum absolute atomic E-state index is 0.379. The first kappa shape index (κ1) is 8.29. The van der Waals surface area contributed by atoms with E-state index in [9.17, 15) is 0 Å². The van der Waals surface area contributed by atoms with Crippen LogP contribution in [0.15, 0.2) is 18.5 Å². The van der Waals surface area contributed by atoms with E-state index in [1.807, 2.05) is 0 Å². The number of hydrogen-bond donors (Lipinski definition) is 3. The molecule has 0 aromatic carbocycles. The number of nitrogens with two attached hydrogens (primary N) is 1. The van der Waals surface area contributed by atoms with Gasteiger partial charge in [-0.3, -0.25) is 4.98 Å². The molecule has 11 heavy (non-hydrogen) atoms. The van der Waals surface area contributed by atoms with E-state index in [2.05, 4.69) is 22.9 Å². The monoisotopic (exact) mass is 185 g/mol. The molecule has 1 rings (SSSR count). The first-order valence-corrected chi connectivity index (χ1v) is 3.75. The predicted molar refractivity (Wildman–Crippen MR) is 53.9 cm³/mol. The van der Waals surface area contributed by atoms with E-state index in [0.29, 0.717) is 15.7 Å². The molecule has 1 aromatic heterocycles. The molecule has 1 aromatic rings. The molecule has 0 spiro atoms. The molecule has 58 valence electrons. The fraction of sp³-hybridized carbons (Fsp3) is 0. The first-order valence-electron chi connectivity index (χ1n) is 2.89. The van der Waals surface area contributed by atoms with Crippen molar-refractivity contribution in [3.05, 3.63) is 18.5 Å². The zero-order valence-electron chi connectivity index (χ0n) is 5.61. The lowest BCUT2D eigenvalue weighted by Crippen LogP contribution is -2.03. The van der Waals surface area contributed by atoms with Gasteiger partial charge >= 0.3 is 0 Å². The topological polar surface area (TPSA) is 50.9 Å². The molecule has 1 heterocycles. The molecule has 0 radical (unpaired) electrons. The number of thiocarbonyl (C=S) groups is 1. The zero-order valence-corrected chi connectivity index (χ0v) is 7.32. The van der Waals surface area contributed by atoms with Gasteiger partial charge in [0.1, 0.15) is 4.32 Å². The number of nitrogen functional groups attached to an aromatic ring is 1. The van der Waals surface area contributed by atoms with Crippen LogP contribution in [-0.2, 0) is 0 Å². The molecule has 3 nitrogen and oxygen atoms in total. The summed E-state index contributed by atoms with van der Waals surface area (Å²) in [4.78, 5) is 3.86. The molecule has 0 bridgehead atoms. The van der Waals surface area contributed by atoms with Crippen LogP contribution < -0.4 is 11.1 Å². The molecule has 0 saturated carbocycles. The van der Waals surface area contributed by atoms with Crippen LogP contribution in [0.2, 0.25) is 0 Å². The average Bonchev–Trinajstić information content (AvgIpc) is 1.93. The van der Waals surface area contributed by atoms with Gasteiger partial charge in [0, 0.05) is 6.20 Å². The third-order valence-corrected chi connectivity index (χ3v) is 1.31. The molecule has 0 aliphatic heterocycles. The second-order valence-electron chi connectivity index (χ2n) is 1.89. The zero-order chi connectivity index (χ0) is 8.27. The third kappa shape index (κ3) is 2.36. The van der Waals surface area contributed by atoms with Gasteiger partial charge in [-0.15, -0.1) is 12.6 Å². The lowest BCUT2D eigenvalue weighted by atomic mass is 10.3. The second kappa shape index (κ2) is 3.54. The van der Waals surface area contributed by atoms with Crippen molar-refractivity contribution in [3.63, 3.8) is 0 Å². The van der Waals surface area contributed by atoms with Gasteiger partial charge in [0.05, 0.1) is 17.6 Å². The first-order chi connectivity index (χ1) is 5.20. The van der Waals surface area contributed by atoms with Gasteiger partial charge in [-0.05, 0) is 6.07 Å². The van der Waals surface area contributed by atoms with Crippen LogP contribution in [0.5, 0.6) is 0 Å². The summed E-state index contributed by atoms with van der Waals surface area (Å²) >= 11 is 8.60. The maximum absolute atomic E-state index is 5.57. The Hall–Kier alpha value is -0.810. The molecule has 0 atom stereocenters. The van der Waals surface area contributed by atoms with Crippen LogP contribution in [0.3, 0.4) is 0 Å². The van der Waals surface area contributed by atoms with Crippen molar-refractivity contribution >= 4 is 40.5 Å². The summed E-state index contributed by atoms with van der Waals surface area (Å²) in [5, 5.41) is 2.78. The second-order valence-corrected chi connectivity index (χ2v) is 3.05. The number of hydrogen-bond acceptors (Lipinski definition) is 3. The van der Waals surface area contributed by atoms with Gasteiger partial charge in [-0.1, -0.05) is 12.2 Å². The Morgan fingerprint density at radius 2 is 2.45 bits per heavy atom. The standard InChI is InChI=1S/C6H7N3S2/c7-4-1-2-8-3-5(4)9-6(10)11/h1-3H,(H2,7,8)(H2,9,10,11). The highest BCUT2D eigenvalue weighted by Gasteiger charge is 1.96. The van der Waals surface area contributed by atoms with E-state index in [-0.39, 0.29) is 0 Å². The molecular formula is C6H7N3S2. The Morgan fingerprint density at radius 1 is 1.73 bits per heavy atom. The molecule has 0 saturated heterocycles. The van der Waals surface area contributed by atoms with E-state index < -0.39 is 0 Å². The van der Waals surface area contributed by atoms with E-state index in [0.717, 1.165) is 0 Å². The summed E-state index contributed by atoms with van der Waals surface area (Å²) in [5.41, 5.74) is 6.87. The van der Waals surface area contributed by atoms with Crippen LogP contribution in [0, 0.1) is 0 Å². The predicted octanol–water partition coefficient (Wildman–Crippen LogP) is 1.29. The van der Waals surface area contributed by atoms with E-state index >= 15 is 0 Å². The Morgan fingerprint density at radius 3 is 3.00 bits per heavy atom. The van der Waals surface area contributed by atoms with E-state index in [1.54, 1.807) is 18.5 Å². The summed E-state index contributed by atoms with van der Waals surface area (Å²) < 4.78 is 0.379. The highest BCUT2D eigenvalue weighted by Crippen LogP contribution is 2.15. The van der Waals surface area contributed by atoms with Gasteiger partial charge in [-0.25, -0.2) is 0 Å². The van der Waals surface area contributed by atoms with Crippen LogP contribution >= 0.6 is 24.8 Å². The fourth-order valence-electron chi connectivity index (χ4n) is 0.625. The van der Waals surface area contributed by atoms with Crippen LogP contribution in [0.4, 0.5) is 11.4 Å². The smallest absolute Gasteiger partial charge is 0.135 e. The van der Waals surface area contributed by atoms with Crippen LogP contribution in [0.1, 0.15) is 0 Å². The molecule has 0 unspecified atom stereocenters. The maximum Gasteiger partial charge on any atom is 0.135 e. The normalized spacial score (nSPS) is 9.18. The molecule has 0 aliphatic rings. The minimum Gasteiger partial charge on any atom is -0.397 e. The number of thiol groups is 1. The Kier molecular flexibility index (Phi) is 2.67. The highest BCUT2D eigenvalue weighted by molar-refractivity contribution is 8.11. The summed E-state index contributed by atoms with van der Waals surface area (Å²) in [6, 6.07) is 1.69. The number of pyridine rings is 1. The largest absolute Gasteiger partial charge is 0.397 e. The summed E-state index contributed by atoms with van der Waals surface area (Å²) in [6.07, 6.45) is 3.21. The maximum atomic E-state index is 5.57. The fourth-order valence-corrected chi connectivity index (χ4v) is 0.855. The molecule has 5 heteroatoms. The number of nitrogens with zero attached hydrogens (tertiary/aromatic N) is 1. The van der Waals surface area contributed by atoms with Gasteiger partial charge in [0.2, 0.25) is 0 Å². The van der Waals surface area contributed by atoms with Crippen molar-refractivity contribution in [2.75, 3.05) is 11.1 Å². The minimum atomic E-state index is 0.379. The molecule has 0 fully saturated rings. The Bertz CT molecular complexity index is 274. The van der Waals surface area contributed by atoms with Crippen molar-refractivity contribution < 1.29 is 0 Å². The number of anilines is 2. The summed E-state index contributed by atoms with van der Waals surface area (Å²) in [6.45, 7) is 0. The molecular weight excluding hydrogens is 178 g/mol. The quantitative estimate of drug-likeness (QED) is 0.456. The van der Waals surface area contributed by atoms with Crippen LogP contribution in [0.25, 0.3) is 0 Å². The lowest BCUT2D eigenvalue weighted by molar-refractivity contribution is 1.33. The van der Waals surface area contributed by atoms with Crippen molar-refractivity contribution in [3.8, 4) is 0 Å². The average molecular weight is 185 g/mol. The van der Waals surface area contributed by atoms with E-state index in [4.69, 9.17) is 18.0 Å². The van der Waals surface area contributed by atoms with Gasteiger partial charge in [-0.2, -0.15) is 0 Å². The number of aromatic nitrogens is 1. The molecule has 0 aliphatic carbocycles. The van der Waals surface area contributed by atoms with Gasteiger partial charge < -0.3 is 11.1 Å². The summed E-state index contributed by atoms with van der Waals surface area (Å²) in [5.74, 6) is 0. The van der Waals surface area contributed by atoms with Crippen molar-refractivity contribution in [1.29, 1.82) is 0 Å². The van der Waals surface area contributed by atoms with Gasteiger partial charge in [0.15, 0.2) is 0 Å². The van der Waals surface area contributed by atoms with Crippen LogP contribution in [-0.4, -0.2) is 9.30 Å². The highest BCUT2D eigenvalue weighted by atomic mass is 32.1. The SMILES string of the molecule is Nc1ccncc1NC(=S)S. The van der Waals surface area contributed by atoms with Crippen molar-refractivity contribution in [2.24, 2.45) is 0 Å². The Labute approximate surface area is 75.4 Å². The molecule has 3 N–H and O–H groups in total. The van der Waals surface area contributed by atoms with Crippen molar-refractivity contribution in [2.45, 2.75) is 0 Å². The number of nitrogens with one attached hydrogen (secondary N) is 1. The lowest BCUT2D eigenvalue weighted by Gasteiger charge is -2.04. The van der Waals surface area contributed by atoms with E-state index in [1.165, 1.54) is 0 Å². The van der Waals surface area contributed by atoms with Crippen molar-refractivity contribution in [1.82, 2.24) is 4.98 Å². The number of rotatable bonds is 1. The third-order valence-electron chi connectivity index (χ3n) is 1.10. The molecule has 0 amide bonds. The summed E-state index contributed by atoms with van der Waals surface area (Å²) in [7, 11) is 0.